The fourth-order valence-corrected chi connectivity index (χ4v) is 3.03. The molecule has 0 unspecified atom stereocenters. The lowest BCUT2D eigenvalue weighted by atomic mass is 9.92. The Hall–Kier alpha value is -2.54. The van der Waals surface area contributed by atoms with Crippen LogP contribution in [0.4, 0.5) is 5.69 Å². The first-order chi connectivity index (χ1) is 11.1. The number of nitrogens with two attached hydrogens (primary N) is 1. The van der Waals surface area contributed by atoms with E-state index in [9.17, 15) is 0 Å². The molecule has 0 amide bonds. The van der Waals surface area contributed by atoms with E-state index in [1.165, 1.54) is 27.8 Å². The maximum absolute atomic E-state index is 6.33. The van der Waals surface area contributed by atoms with Gasteiger partial charge < -0.3 is 5.73 Å². The van der Waals surface area contributed by atoms with Crippen LogP contribution in [-0.2, 0) is 6.42 Å². The monoisotopic (exact) mass is 301 g/mol. The number of anilines is 1. The van der Waals surface area contributed by atoms with Crippen molar-refractivity contribution >= 4 is 5.69 Å². The van der Waals surface area contributed by atoms with E-state index in [2.05, 4.69) is 80.6 Å². The number of rotatable bonds is 4. The summed E-state index contributed by atoms with van der Waals surface area (Å²) in [6.45, 7) is 4.47. The Labute approximate surface area is 138 Å². The molecule has 0 aliphatic carbocycles. The number of nitrogen functional groups attached to an aromatic ring is 1. The first-order valence-corrected chi connectivity index (χ1v) is 8.17. The number of hydrogen-bond donors (Lipinski definition) is 1. The Morgan fingerprint density at radius 3 is 2.13 bits per heavy atom. The van der Waals surface area contributed by atoms with Crippen molar-refractivity contribution in [1.82, 2.24) is 0 Å². The molecular weight excluding hydrogens is 278 g/mol. The van der Waals surface area contributed by atoms with E-state index in [0.717, 1.165) is 12.1 Å². The Morgan fingerprint density at radius 2 is 1.43 bits per heavy atom. The molecule has 0 aromatic heterocycles. The van der Waals surface area contributed by atoms with Crippen molar-refractivity contribution in [2.24, 2.45) is 0 Å². The van der Waals surface area contributed by atoms with Gasteiger partial charge in [-0.25, -0.2) is 0 Å². The normalized spacial score (nSPS) is 10.9. The van der Waals surface area contributed by atoms with E-state index in [1.54, 1.807) is 0 Å². The van der Waals surface area contributed by atoms with Gasteiger partial charge in [0.2, 0.25) is 0 Å². The van der Waals surface area contributed by atoms with Crippen LogP contribution in [0.2, 0.25) is 0 Å². The fraction of sp³-hybridized carbons (Fsp3) is 0.182. The summed E-state index contributed by atoms with van der Waals surface area (Å²) in [5.74, 6) is 0.524. The van der Waals surface area contributed by atoms with Crippen LogP contribution in [0.1, 0.15) is 36.5 Å². The van der Waals surface area contributed by atoms with E-state index in [0.29, 0.717) is 5.92 Å². The zero-order chi connectivity index (χ0) is 16.2. The topological polar surface area (TPSA) is 26.0 Å². The van der Waals surface area contributed by atoms with Crippen LogP contribution in [0.5, 0.6) is 0 Å². The molecule has 0 saturated heterocycles. The van der Waals surface area contributed by atoms with E-state index in [4.69, 9.17) is 5.73 Å². The summed E-state index contributed by atoms with van der Waals surface area (Å²) in [4.78, 5) is 0. The summed E-state index contributed by atoms with van der Waals surface area (Å²) in [6, 6.07) is 25.4. The van der Waals surface area contributed by atoms with Gasteiger partial charge >= 0.3 is 0 Å². The van der Waals surface area contributed by atoms with Crippen molar-refractivity contribution < 1.29 is 0 Å². The summed E-state index contributed by atoms with van der Waals surface area (Å²) in [6.07, 6.45) is 0.884. The molecule has 3 aromatic rings. The van der Waals surface area contributed by atoms with Gasteiger partial charge in [0.05, 0.1) is 0 Å². The van der Waals surface area contributed by atoms with Gasteiger partial charge in [-0.3, -0.25) is 0 Å². The summed E-state index contributed by atoms with van der Waals surface area (Å²) >= 11 is 0. The van der Waals surface area contributed by atoms with Crippen LogP contribution < -0.4 is 5.73 Å². The Kier molecular flexibility index (Phi) is 4.47. The number of hydrogen-bond acceptors (Lipinski definition) is 1. The van der Waals surface area contributed by atoms with Gasteiger partial charge in [-0.1, -0.05) is 80.6 Å². The molecule has 23 heavy (non-hydrogen) atoms. The molecule has 1 heteroatoms. The van der Waals surface area contributed by atoms with Crippen LogP contribution in [0.15, 0.2) is 72.8 Å². The molecule has 0 saturated carbocycles. The van der Waals surface area contributed by atoms with Gasteiger partial charge in [0.15, 0.2) is 0 Å². The lowest BCUT2D eigenvalue weighted by molar-refractivity contribution is 0.848. The zero-order valence-corrected chi connectivity index (χ0v) is 13.8. The molecule has 3 aromatic carbocycles. The third-order valence-corrected chi connectivity index (χ3v) is 4.31. The van der Waals surface area contributed by atoms with Crippen molar-refractivity contribution in [2.45, 2.75) is 26.2 Å². The average molecular weight is 301 g/mol. The molecular formula is C22H23N. The second-order valence-corrected chi connectivity index (χ2v) is 6.31. The minimum atomic E-state index is 0.524. The van der Waals surface area contributed by atoms with Gasteiger partial charge in [-0.15, -0.1) is 0 Å². The van der Waals surface area contributed by atoms with Crippen LogP contribution >= 0.6 is 0 Å². The predicted octanol–water partition coefficient (Wildman–Crippen LogP) is 5.65. The van der Waals surface area contributed by atoms with Crippen molar-refractivity contribution in [1.29, 1.82) is 0 Å². The van der Waals surface area contributed by atoms with Gasteiger partial charge in [0.25, 0.3) is 0 Å². The molecule has 1 nitrogen and oxygen atoms in total. The minimum Gasteiger partial charge on any atom is -0.398 e. The lowest BCUT2D eigenvalue weighted by Crippen LogP contribution is -2.00. The Balaban J connectivity index is 1.91. The van der Waals surface area contributed by atoms with E-state index in [-0.39, 0.29) is 0 Å². The van der Waals surface area contributed by atoms with Crippen LogP contribution in [0, 0.1) is 0 Å². The van der Waals surface area contributed by atoms with Gasteiger partial charge in [0, 0.05) is 5.69 Å². The summed E-state index contributed by atoms with van der Waals surface area (Å²) in [7, 11) is 0. The summed E-state index contributed by atoms with van der Waals surface area (Å²) in [5.41, 5.74) is 13.5. The summed E-state index contributed by atoms with van der Waals surface area (Å²) < 4.78 is 0. The molecule has 0 aliphatic heterocycles. The number of benzene rings is 3. The highest BCUT2D eigenvalue weighted by Crippen LogP contribution is 2.27. The molecule has 2 N–H and O–H groups in total. The first kappa shape index (κ1) is 15.4. The van der Waals surface area contributed by atoms with E-state index in [1.807, 2.05) is 6.07 Å². The van der Waals surface area contributed by atoms with Crippen molar-refractivity contribution in [3.05, 3.63) is 89.5 Å². The van der Waals surface area contributed by atoms with E-state index < -0.39 is 0 Å². The van der Waals surface area contributed by atoms with E-state index >= 15 is 0 Å². The molecule has 0 bridgehead atoms. The quantitative estimate of drug-likeness (QED) is 0.619. The molecule has 0 atom stereocenters. The maximum Gasteiger partial charge on any atom is 0.0356 e. The summed E-state index contributed by atoms with van der Waals surface area (Å²) in [5, 5.41) is 0. The average Bonchev–Trinajstić information content (AvgIpc) is 2.58. The third kappa shape index (κ3) is 3.45. The molecule has 0 heterocycles. The van der Waals surface area contributed by atoms with Crippen molar-refractivity contribution in [3.63, 3.8) is 0 Å². The standard InChI is InChI=1S/C22H23N/c1-16(2)21-11-7-6-10-19(21)14-20-13-12-18(15-22(20)23)17-8-4-3-5-9-17/h3-13,15-16H,14,23H2,1-2H3. The lowest BCUT2D eigenvalue weighted by Gasteiger charge is -2.14. The highest BCUT2D eigenvalue weighted by Gasteiger charge is 2.09. The zero-order valence-electron chi connectivity index (χ0n) is 13.8. The van der Waals surface area contributed by atoms with Crippen LogP contribution in [-0.4, -0.2) is 0 Å². The van der Waals surface area contributed by atoms with Crippen LogP contribution in [0.3, 0.4) is 0 Å². The Morgan fingerprint density at radius 1 is 0.739 bits per heavy atom. The molecule has 0 radical (unpaired) electrons. The molecule has 116 valence electrons. The molecule has 0 aliphatic rings. The SMILES string of the molecule is CC(C)c1ccccc1Cc1ccc(-c2ccccc2)cc1N. The maximum atomic E-state index is 6.33. The fourth-order valence-electron chi connectivity index (χ4n) is 3.03. The molecule has 3 rings (SSSR count). The third-order valence-electron chi connectivity index (χ3n) is 4.31. The highest BCUT2D eigenvalue weighted by molar-refractivity contribution is 5.69. The highest BCUT2D eigenvalue weighted by atomic mass is 14.6. The first-order valence-electron chi connectivity index (χ1n) is 8.17. The van der Waals surface area contributed by atoms with Crippen molar-refractivity contribution in [3.8, 4) is 11.1 Å². The Bertz CT molecular complexity index is 788. The predicted molar refractivity (Wildman–Crippen MR) is 99.6 cm³/mol. The van der Waals surface area contributed by atoms with Gasteiger partial charge in [-0.2, -0.15) is 0 Å². The van der Waals surface area contributed by atoms with Gasteiger partial charge in [0.1, 0.15) is 0 Å². The second-order valence-electron chi connectivity index (χ2n) is 6.31. The minimum absolute atomic E-state index is 0.524. The molecule has 0 spiro atoms. The van der Waals surface area contributed by atoms with Crippen molar-refractivity contribution in [2.75, 3.05) is 5.73 Å². The largest absolute Gasteiger partial charge is 0.398 e. The second kappa shape index (κ2) is 6.70. The van der Waals surface area contributed by atoms with Crippen LogP contribution in [0.25, 0.3) is 11.1 Å². The smallest absolute Gasteiger partial charge is 0.0356 e. The van der Waals surface area contributed by atoms with Gasteiger partial charge in [-0.05, 0) is 46.2 Å². The molecule has 0 fully saturated rings.